The summed E-state index contributed by atoms with van der Waals surface area (Å²) in [7, 11) is 0. The Kier molecular flexibility index (Phi) is 5.48. The molecule has 22 heavy (non-hydrogen) atoms. The molecule has 0 radical (unpaired) electrons. The molecule has 4 nitrogen and oxygen atoms in total. The number of aromatic nitrogens is 1. The van der Waals surface area contributed by atoms with Crippen molar-refractivity contribution in [1.29, 1.82) is 0 Å². The Hall–Kier alpha value is -1.37. The minimum Gasteiger partial charge on any atom is -0.297 e. The van der Waals surface area contributed by atoms with Crippen LogP contribution in [0, 0.1) is 6.92 Å². The van der Waals surface area contributed by atoms with Gasteiger partial charge in [0.1, 0.15) is 0 Å². The van der Waals surface area contributed by atoms with E-state index in [1.165, 1.54) is 35.7 Å². The molecule has 116 valence electrons. The van der Waals surface area contributed by atoms with Gasteiger partial charge in [0.15, 0.2) is 0 Å². The van der Waals surface area contributed by atoms with Crippen molar-refractivity contribution < 1.29 is 0 Å². The first-order chi connectivity index (χ1) is 10.8. The predicted octanol–water partition coefficient (Wildman–Crippen LogP) is 3.45. The van der Waals surface area contributed by atoms with Gasteiger partial charge in [0.05, 0.1) is 11.9 Å². The average Bonchev–Trinajstić information content (AvgIpc) is 2.95. The zero-order valence-electron chi connectivity index (χ0n) is 12.7. The third-order valence-corrected chi connectivity index (χ3v) is 5.34. The fraction of sp³-hybridized carbons (Fsp3) is 0.375. The average molecular weight is 332 g/mol. The molecule has 1 fully saturated rings. The fourth-order valence-corrected chi connectivity index (χ4v) is 3.98. The molecular weight excluding hydrogens is 312 g/mol. The molecular formula is C16H20N4S2. The van der Waals surface area contributed by atoms with Gasteiger partial charge in [0.25, 0.3) is 0 Å². The minimum atomic E-state index is 0.833. The summed E-state index contributed by atoms with van der Waals surface area (Å²) in [6.45, 7) is 5.33. The molecule has 1 N–H and O–H groups in total. The Morgan fingerprint density at radius 3 is 2.91 bits per heavy atom. The summed E-state index contributed by atoms with van der Waals surface area (Å²) >= 11 is 3.61. The lowest BCUT2D eigenvalue weighted by Crippen LogP contribution is -2.32. The molecule has 1 saturated heterocycles. The largest absolute Gasteiger partial charge is 0.297 e. The maximum atomic E-state index is 4.34. The van der Waals surface area contributed by atoms with E-state index in [4.69, 9.17) is 0 Å². The third-order valence-electron chi connectivity index (χ3n) is 3.54. The molecule has 1 aliphatic heterocycles. The number of thioether (sulfide) groups is 1. The standard InChI is InChI=1S/C16H20N4S2/c1-13-12-22-16(18-13)19-17-10-14-4-2-3-5-15(14)11-20-6-8-21-9-7-20/h2-5,10,12H,6-9,11H2,1H3,(H,18,19). The first-order valence-corrected chi connectivity index (χ1v) is 9.44. The zero-order chi connectivity index (χ0) is 15.2. The molecule has 0 unspecified atom stereocenters. The van der Waals surface area contributed by atoms with Crippen LogP contribution in [-0.2, 0) is 6.54 Å². The van der Waals surface area contributed by atoms with E-state index in [0.717, 1.165) is 17.4 Å². The van der Waals surface area contributed by atoms with Gasteiger partial charge in [-0.1, -0.05) is 24.3 Å². The van der Waals surface area contributed by atoms with Crippen molar-refractivity contribution in [2.24, 2.45) is 5.10 Å². The van der Waals surface area contributed by atoms with Crippen LogP contribution in [0.5, 0.6) is 0 Å². The highest BCUT2D eigenvalue weighted by atomic mass is 32.2. The van der Waals surface area contributed by atoms with Crippen molar-refractivity contribution in [1.82, 2.24) is 9.88 Å². The van der Waals surface area contributed by atoms with Crippen LogP contribution >= 0.6 is 23.1 Å². The van der Waals surface area contributed by atoms with E-state index in [9.17, 15) is 0 Å². The first-order valence-electron chi connectivity index (χ1n) is 7.40. The maximum absolute atomic E-state index is 4.34. The Labute approximate surface area is 139 Å². The molecule has 0 aliphatic carbocycles. The molecule has 0 spiro atoms. The summed E-state index contributed by atoms with van der Waals surface area (Å²) < 4.78 is 0. The fourth-order valence-electron chi connectivity index (χ4n) is 2.37. The van der Waals surface area contributed by atoms with Crippen LogP contribution in [0.1, 0.15) is 16.8 Å². The third kappa shape index (κ3) is 4.32. The summed E-state index contributed by atoms with van der Waals surface area (Å²) in [5.74, 6) is 2.47. The van der Waals surface area contributed by atoms with E-state index in [1.54, 1.807) is 11.3 Å². The van der Waals surface area contributed by atoms with Crippen molar-refractivity contribution in [3.63, 3.8) is 0 Å². The van der Waals surface area contributed by atoms with Gasteiger partial charge in [-0.05, 0) is 18.1 Å². The number of anilines is 1. The Morgan fingerprint density at radius 2 is 2.14 bits per heavy atom. The second-order valence-electron chi connectivity index (χ2n) is 5.25. The Bertz CT molecular complexity index is 633. The highest BCUT2D eigenvalue weighted by Gasteiger charge is 2.11. The van der Waals surface area contributed by atoms with Crippen LogP contribution in [0.2, 0.25) is 0 Å². The van der Waals surface area contributed by atoms with Crippen molar-refractivity contribution in [3.05, 3.63) is 46.5 Å². The van der Waals surface area contributed by atoms with Crippen LogP contribution in [-0.4, -0.2) is 40.7 Å². The van der Waals surface area contributed by atoms with Crippen molar-refractivity contribution in [2.45, 2.75) is 13.5 Å². The lowest BCUT2D eigenvalue weighted by atomic mass is 10.1. The molecule has 2 aromatic rings. The summed E-state index contributed by atoms with van der Waals surface area (Å²) in [5, 5.41) is 7.18. The van der Waals surface area contributed by atoms with Crippen LogP contribution in [0.4, 0.5) is 5.13 Å². The molecule has 1 aromatic heterocycles. The van der Waals surface area contributed by atoms with E-state index < -0.39 is 0 Å². The SMILES string of the molecule is Cc1csc(NN=Cc2ccccc2CN2CCSCC2)n1. The van der Waals surface area contributed by atoms with E-state index in [2.05, 4.69) is 44.7 Å². The van der Waals surface area contributed by atoms with Crippen molar-refractivity contribution >= 4 is 34.4 Å². The smallest absolute Gasteiger partial charge is 0.203 e. The number of nitrogens with one attached hydrogen (secondary N) is 1. The molecule has 0 bridgehead atoms. The van der Waals surface area contributed by atoms with E-state index >= 15 is 0 Å². The summed E-state index contributed by atoms with van der Waals surface area (Å²) in [5.41, 5.74) is 6.52. The number of aryl methyl sites for hydroxylation is 1. The lowest BCUT2D eigenvalue weighted by Gasteiger charge is -2.26. The number of hydrogen-bond donors (Lipinski definition) is 1. The predicted molar refractivity (Wildman–Crippen MR) is 97.1 cm³/mol. The van der Waals surface area contributed by atoms with E-state index in [1.807, 2.05) is 30.3 Å². The zero-order valence-corrected chi connectivity index (χ0v) is 14.3. The van der Waals surface area contributed by atoms with Crippen LogP contribution in [0.3, 0.4) is 0 Å². The van der Waals surface area contributed by atoms with Crippen LogP contribution < -0.4 is 5.43 Å². The van der Waals surface area contributed by atoms with Gasteiger partial charge in [0, 0.05) is 36.5 Å². The second kappa shape index (κ2) is 7.76. The summed E-state index contributed by atoms with van der Waals surface area (Å²) in [6.07, 6.45) is 1.89. The molecule has 3 rings (SSSR count). The molecule has 0 atom stereocenters. The summed E-state index contributed by atoms with van der Waals surface area (Å²) in [4.78, 5) is 6.86. The Balaban J connectivity index is 1.65. The van der Waals surface area contributed by atoms with Crippen LogP contribution in [0.15, 0.2) is 34.7 Å². The number of hydrazone groups is 1. The second-order valence-corrected chi connectivity index (χ2v) is 7.33. The molecule has 0 amide bonds. The van der Waals surface area contributed by atoms with Gasteiger partial charge in [-0.15, -0.1) is 11.3 Å². The summed E-state index contributed by atoms with van der Waals surface area (Å²) in [6, 6.07) is 8.47. The number of thiazole rings is 1. The molecule has 6 heteroatoms. The number of benzene rings is 1. The van der Waals surface area contributed by atoms with Gasteiger partial charge < -0.3 is 0 Å². The monoisotopic (exact) mass is 332 g/mol. The maximum Gasteiger partial charge on any atom is 0.203 e. The lowest BCUT2D eigenvalue weighted by molar-refractivity contribution is 0.294. The molecule has 1 aliphatic rings. The van der Waals surface area contributed by atoms with E-state index in [0.29, 0.717) is 0 Å². The van der Waals surface area contributed by atoms with Gasteiger partial charge in [-0.25, -0.2) is 4.98 Å². The highest BCUT2D eigenvalue weighted by Crippen LogP contribution is 2.16. The number of rotatable bonds is 5. The van der Waals surface area contributed by atoms with Gasteiger partial charge in [-0.2, -0.15) is 16.9 Å². The van der Waals surface area contributed by atoms with Gasteiger partial charge in [-0.3, -0.25) is 10.3 Å². The van der Waals surface area contributed by atoms with Crippen molar-refractivity contribution in [2.75, 3.05) is 30.0 Å². The van der Waals surface area contributed by atoms with E-state index in [-0.39, 0.29) is 0 Å². The molecule has 0 saturated carbocycles. The number of nitrogens with zero attached hydrogens (tertiary/aromatic N) is 3. The quantitative estimate of drug-likeness (QED) is 0.672. The van der Waals surface area contributed by atoms with Crippen molar-refractivity contribution in [3.8, 4) is 0 Å². The Morgan fingerprint density at radius 1 is 1.32 bits per heavy atom. The highest BCUT2D eigenvalue weighted by molar-refractivity contribution is 7.99. The molecule has 1 aromatic carbocycles. The van der Waals surface area contributed by atoms with Crippen LogP contribution in [0.25, 0.3) is 0 Å². The number of hydrogen-bond acceptors (Lipinski definition) is 6. The van der Waals surface area contributed by atoms with Gasteiger partial charge >= 0.3 is 0 Å². The minimum absolute atomic E-state index is 0.833. The normalized spacial score (nSPS) is 16.2. The van der Waals surface area contributed by atoms with Gasteiger partial charge in [0.2, 0.25) is 5.13 Å². The first kappa shape index (κ1) is 15.5. The topological polar surface area (TPSA) is 40.5 Å². The molecule has 2 heterocycles.